The number of benzene rings is 1. The second-order valence-corrected chi connectivity index (χ2v) is 6.45. The maximum atomic E-state index is 13.7. The number of hydrogen-bond donors (Lipinski definition) is 1. The van der Waals surface area contributed by atoms with Gasteiger partial charge in [-0.15, -0.1) is 0 Å². The molecule has 0 radical (unpaired) electrons. The highest BCUT2D eigenvalue weighted by molar-refractivity contribution is 7.90. The first-order valence-corrected chi connectivity index (χ1v) is 7.64. The molecule has 0 fully saturated rings. The number of halogens is 1. The number of nitrogens with one attached hydrogen (secondary N) is 1. The van der Waals surface area contributed by atoms with Gasteiger partial charge < -0.3 is 10.1 Å². The molecule has 1 unspecified atom stereocenters. The van der Waals surface area contributed by atoms with Crippen LogP contribution < -0.4 is 10.1 Å². The molecule has 0 bridgehead atoms. The van der Waals surface area contributed by atoms with E-state index in [1.807, 2.05) is 0 Å². The fourth-order valence-electron chi connectivity index (χ4n) is 1.56. The van der Waals surface area contributed by atoms with Crippen LogP contribution in [0.5, 0.6) is 5.75 Å². The van der Waals surface area contributed by atoms with Gasteiger partial charge >= 0.3 is 0 Å². The summed E-state index contributed by atoms with van der Waals surface area (Å²) < 4.78 is 40.6. The van der Waals surface area contributed by atoms with Gasteiger partial charge in [0.25, 0.3) is 0 Å². The van der Waals surface area contributed by atoms with Crippen LogP contribution in [0.3, 0.4) is 0 Å². The molecular weight excluding hydrogens is 257 g/mol. The first kappa shape index (κ1) is 14.9. The smallest absolute Gasteiger partial charge is 0.148 e. The highest BCUT2D eigenvalue weighted by Crippen LogP contribution is 2.21. The molecule has 0 saturated carbocycles. The molecule has 0 aliphatic rings. The Balaban J connectivity index is 2.64. The van der Waals surface area contributed by atoms with Gasteiger partial charge in [0.05, 0.1) is 12.9 Å². The van der Waals surface area contributed by atoms with Crippen LogP contribution in [-0.4, -0.2) is 34.1 Å². The van der Waals surface area contributed by atoms with E-state index in [1.54, 1.807) is 19.1 Å². The lowest BCUT2D eigenvalue weighted by molar-refractivity contribution is 0.409. The second-order valence-electron chi connectivity index (χ2n) is 4.19. The van der Waals surface area contributed by atoms with E-state index in [4.69, 9.17) is 4.74 Å². The SMILES string of the molecule is COc1ccc(C(C)NCCS(C)(=O)=O)c(F)c1. The minimum Gasteiger partial charge on any atom is -0.497 e. The van der Waals surface area contributed by atoms with Crippen molar-refractivity contribution in [3.05, 3.63) is 29.6 Å². The van der Waals surface area contributed by atoms with Crippen LogP contribution in [0.4, 0.5) is 4.39 Å². The fraction of sp³-hybridized carbons (Fsp3) is 0.500. The molecule has 1 N–H and O–H groups in total. The van der Waals surface area contributed by atoms with Crippen molar-refractivity contribution in [2.75, 3.05) is 25.7 Å². The summed E-state index contributed by atoms with van der Waals surface area (Å²) in [5, 5.41) is 2.97. The summed E-state index contributed by atoms with van der Waals surface area (Å²) >= 11 is 0. The summed E-state index contributed by atoms with van der Waals surface area (Å²) in [6, 6.07) is 4.36. The summed E-state index contributed by atoms with van der Waals surface area (Å²) in [4.78, 5) is 0. The van der Waals surface area contributed by atoms with Gasteiger partial charge in [0.2, 0.25) is 0 Å². The third kappa shape index (κ3) is 4.62. The van der Waals surface area contributed by atoms with Gasteiger partial charge in [-0.05, 0) is 13.0 Å². The van der Waals surface area contributed by atoms with Gasteiger partial charge in [0, 0.05) is 30.5 Å². The Labute approximate surface area is 107 Å². The van der Waals surface area contributed by atoms with E-state index in [1.165, 1.54) is 19.4 Å². The molecule has 1 aromatic rings. The highest BCUT2D eigenvalue weighted by atomic mass is 32.2. The number of ether oxygens (including phenoxy) is 1. The Bertz CT molecular complexity index is 502. The van der Waals surface area contributed by atoms with Gasteiger partial charge in [0.15, 0.2) is 0 Å². The van der Waals surface area contributed by atoms with E-state index in [-0.39, 0.29) is 17.6 Å². The number of hydrogen-bond acceptors (Lipinski definition) is 4. The van der Waals surface area contributed by atoms with Gasteiger partial charge in [-0.1, -0.05) is 6.07 Å². The largest absolute Gasteiger partial charge is 0.497 e. The van der Waals surface area contributed by atoms with E-state index < -0.39 is 9.84 Å². The maximum Gasteiger partial charge on any atom is 0.148 e. The normalized spacial score (nSPS) is 13.3. The zero-order chi connectivity index (χ0) is 13.8. The Hall–Kier alpha value is -1.14. The first-order chi connectivity index (χ1) is 8.33. The molecule has 0 saturated heterocycles. The number of methoxy groups -OCH3 is 1. The van der Waals surface area contributed by atoms with E-state index >= 15 is 0 Å². The van der Waals surface area contributed by atoms with Crippen LogP contribution in [0, 0.1) is 5.82 Å². The lowest BCUT2D eigenvalue weighted by atomic mass is 10.1. The van der Waals surface area contributed by atoms with Crippen molar-refractivity contribution in [3.8, 4) is 5.75 Å². The molecular formula is C12H18FNO3S. The molecule has 1 rings (SSSR count). The van der Waals surface area contributed by atoms with E-state index in [0.29, 0.717) is 17.9 Å². The van der Waals surface area contributed by atoms with E-state index in [0.717, 1.165) is 0 Å². The first-order valence-electron chi connectivity index (χ1n) is 5.58. The van der Waals surface area contributed by atoms with Crippen molar-refractivity contribution in [1.82, 2.24) is 5.32 Å². The second kappa shape index (κ2) is 6.15. The van der Waals surface area contributed by atoms with Crippen molar-refractivity contribution in [2.45, 2.75) is 13.0 Å². The topological polar surface area (TPSA) is 55.4 Å². The average Bonchev–Trinajstić information content (AvgIpc) is 2.26. The van der Waals surface area contributed by atoms with Gasteiger partial charge in [-0.2, -0.15) is 0 Å². The van der Waals surface area contributed by atoms with Gasteiger partial charge in [-0.25, -0.2) is 12.8 Å². The zero-order valence-electron chi connectivity index (χ0n) is 10.7. The fourth-order valence-corrected chi connectivity index (χ4v) is 2.05. The average molecular weight is 275 g/mol. The molecule has 0 aliphatic heterocycles. The quantitative estimate of drug-likeness (QED) is 0.855. The van der Waals surface area contributed by atoms with Crippen molar-refractivity contribution in [1.29, 1.82) is 0 Å². The third-order valence-corrected chi connectivity index (χ3v) is 3.54. The van der Waals surface area contributed by atoms with Crippen molar-refractivity contribution in [3.63, 3.8) is 0 Å². The Morgan fingerprint density at radius 3 is 2.61 bits per heavy atom. The van der Waals surface area contributed by atoms with Crippen LogP contribution in [0.1, 0.15) is 18.5 Å². The molecule has 0 aliphatic carbocycles. The molecule has 18 heavy (non-hydrogen) atoms. The van der Waals surface area contributed by atoms with Crippen LogP contribution in [0.25, 0.3) is 0 Å². The van der Waals surface area contributed by atoms with Gasteiger partial charge in [0.1, 0.15) is 21.4 Å². The predicted octanol–water partition coefficient (Wildman–Crippen LogP) is 1.53. The summed E-state index contributed by atoms with van der Waals surface area (Å²) in [6.45, 7) is 2.08. The third-order valence-electron chi connectivity index (χ3n) is 2.60. The molecule has 1 aromatic carbocycles. The molecule has 0 aromatic heterocycles. The molecule has 4 nitrogen and oxygen atoms in total. The van der Waals surface area contributed by atoms with Crippen molar-refractivity contribution >= 4 is 9.84 Å². The lowest BCUT2D eigenvalue weighted by Gasteiger charge is -2.15. The lowest BCUT2D eigenvalue weighted by Crippen LogP contribution is -2.25. The summed E-state index contributed by atoms with van der Waals surface area (Å²) in [6.07, 6.45) is 1.17. The summed E-state index contributed by atoms with van der Waals surface area (Å²) in [5.41, 5.74) is 0.490. The van der Waals surface area contributed by atoms with E-state index in [2.05, 4.69) is 5.32 Å². The molecule has 0 heterocycles. The molecule has 1 atom stereocenters. The van der Waals surface area contributed by atoms with Crippen LogP contribution in [-0.2, 0) is 9.84 Å². The minimum absolute atomic E-state index is 0.0368. The standard InChI is InChI=1S/C12H18FNO3S/c1-9(14-6-7-18(3,15)16)11-5-4-10(17-2)8-12(11)13/h4-5,8-9,14H,6-7H2,1-3H3. The summed E-state index contributed by atoms with van der Waals surface area (Å²) in [7, 11) is -1.52. The number of sulfone groups is 1. The van der Waals surface area contributed by atoms with E-state index in [9.17, 15) is 12.8 Å². The Morgan fingerprint density at radius 2 is 2.11 bits per heavy atom. The minimum atomic E-state index is -3.00. The number of rotatable bonds is 6. The molecule has 0 spiro atoms. The van der Waals surface area contributed by atoms with Crippen molar-refractivity contribution in [2.24, 2.45) is 0 Å². The molecule has 102 valence electrons. The van der Waals surface area contributed by atoms with Crippen LogP contribution in [0.2, 0.25) is 0 Å². The Morgan fingerprint density at radius 1 is 1.44 bits per heavy atom. The van der Waals surface area contributed by atoms with Crippen LogP contribution in [0.15, 0.2) is 18.2 Å². The highest BCUT2D eigenvalue weighted by Gasteiger charge is 2.12. The predicted molar refractivity (Wildman–Crippen MR) is 69.1 cm³/mol. The van der Waals surface area contributed by atoms with Crippen molar-refractivity contribution < 1.29 is 17.5 Å². The van der Waals surface area contributed by atoms with Crippen LogP contribution >= 0.6 is 0 Å². The maximum absolute atomic E-state index is 13.7. The molecule has 0 amide bonds. The Kier molecular flexibility index (Phi) is 5.10. The molecule has 6 heteroatoms. The summed E-state index contributed by atoms with van der Waals surface area (Å²) in [5.74, 6) is 0.128. The van der Waals surface area contributed by atoms with Gasteiger partial charge in [-0.3, -0.25) is 0 Å². The monoisotopic (exact) mass is 275 g/mol. The zero-order valence-corrected chi connectivity index (χ0v) is 11.6.